The molecule has 0 radical (unpaired) electrons. The van der Waals surface area contributed by atoms with Gasteiger partial charge in [-0.25, -0.2) is 0 Å². The molecule has 0 unspecified atom stereocenters. The SMILES string of the molecule is C=C(C)CC(=O)C1(C)CCNCC1. The van der Waals surface area contributed by atoms with E-state index in [-0.39, 0.29) is 5.41 Å². The molecule has 0 amide bonds. The molecular formula is C11H19NO. The Kier molecular flexibility index (Phi) is 3.26. The maximum atomic E-state index is 11.8. The van der Waals surface area contributed by atoms with Gasteiger partial charge in [-0.1, -0.05) is 19.1 Å². The Bertz CT molecular complexity index is 214. The van der Waals surface area contributed by atoms with Crippen LogP contribution in [0, 0.1) is 5.41 Å². The lowest BCUT2D eigenvalue weighted by molar-refractivity contribution is -0.128. The van der Waals surface area contributed by atoms with E-state index in [1.807, 2.05) is 6.92 Å². The Morgan fingerprint density at radius 1 is 1.46 bits per heavy atom. The van der Waals surface area contributed by atoms with Gasteiger partial charge in [-0.2, -0.15) is 0 Å². The summed E-state index contributed by atoms with van der Waals surface area (Å²) in [6.07, 6.45) is 2.49. The second kappa shape index (κ2) is 4.05. The number of carbonyl (C=O) groups is 1. The highest BCUT2D eigenvalue weighted by atomic mass is 16.1. The first-order chi connectivity index (χ1) is 6.04. The number of allylic oxidation sites excluding steroid dienone is 1. The summed E-state index contributed by atoms with van der Waals surface area (Å²) in [5.74, 6) is 0.363. The van der Waals surface area contributed by atoms with Crippen molar-refractivity contribution >= 4 is 5.78 Å². The maximum absolute atomic E-state index is 11.8. The molecule has 0 aromatic heterocycles. The summed E-state index contributed by atoms with van der Waals surface area (Å²) < 4.78 is 0. The largest absolute Gasteiger partial charge is 0.317 e. The third-order valence-electron chi connectivity index (χ3n) is 2.84. The monoisotopic (exact) mass is 181 g/mol. The highest BCUT2D eigenvalue weighted by Gasteiger charge is 2.33. The fourth-order valence-electron chi connectivity index (χ4n) is 1.74. The molecule has 1 N–H and O–H groups in total. The van der Waals surface area contributed by atoms with Gasteiger partial charge in [0.1, 0.15) is 5.78 Å². The molecule has 0 spiro atoms. The normalized spacial score (nSPS) is 21.1. The van der Waals surface area contributed by atoms with Crippen molar-refractivity contribution in [3.05, 3.63) is 12.2 Å². The second-order valence-corrected chi connectivity index (χ2v) is 4.37. The molecule has 1 fully saturated rings. The standard InChI is InChI=1S/C11H19NO/c1-9(2)8-10(13)11(3)4-6-12-7-5-11/h12H,1,4-8H2,2-3H3. The fraction of sp³-hybridized carbons (Fsp3) is 0.727. The van der Waals surface area contributed by atoms with Crippen LogP contribution < -0.4 is 5.32 Å². The number of rotatable bonds is 3. The van der Waals surface area contributed by atoms with Crippen molar-refractivity contribution < 1.29 is 4.79 Å². The topological polar surface area (TPSA) is 29.1 Å². The smallest absolute Gasteiger partial charge is 0.142 e. The number of Topliss-reactive ketones (excluding diaryl/α,β-unsaturated/α-hetero) is 1. The summed E-state index contributed by atoms with van der Waals surface area (Å²) in [4.78, 5) is 11.8. The summed E-state index contributed by atoms with van der Waals surface area (Å²) in [7, 11) is 0. The van der Waals surface area contributed by atoms with E-state index in [9.17, 15) is 4.79 Å². The third-order valence-corrected chi connectivity index (χ3v) is 2.84. The number of hydrogen-bond donors (Lipinski definition) is 1. The minimum Gasteiger partial charge on any atom is -0.317 e. The third kappa shape index (κ3) is 2.66. The van der Waals surface area contributed by atoms with E-state index >= 15 is 0 Å². The van der Waals surface area contributed by atoms with Gasteiger partial charge in [0.25, 0.3) is 0 Å². The van der Waals surface area contributed by atoms with Crippen molar-refractivity contribution in [3.63, 3.8) is 0 Å². The number of hydrogen-bond acceptors (Lipinski definition) is 2. The molecule has 1 aliphatic rings. The molecule has 0 aromatic rings. The van der Waals surface area contributed by atoms with Crippen molar-refractivity contribution in [1.29, 1.82) is 0 Å². The van der Waals surface area contributed by atoms with Crippen molar-refractivity contribution in [3.8, 4) is 0 Å². The van der Waals surface area contributed by atoms with E-state index in [0.717, 1.165) is 31.5 Å². The summed E-state index contributed by atoms with van der Waals surface area (Å²) in [5.41, 5.74) is 0.884. The van der Waals surface area contributed by atoms with Crippen LogP contribution in [0.4, 0.5) is 0 Å². The quantitative estimate of drug-likeness (QED) is 0.674. The number of carbonyl (C=O) groups excluding carboxylic acids is 1. The predicted molar refractivity (Wildman–Crippen MR) is 54.6 cm³/mol. The van der Waals surface area contributed by atoms with Gasteiger partial charge in [0, 0.05) is 11.8 Å². The van der Waals surface area contributed by atoms with Crippen molar-refractivity contribution in [2.24, 2.45) is 5.41 Å². The first kappa shape index (κ1) is 10.5. The Balaban J connectivity index is 2.56. The molecule has 74 valence electrons. The molecule has 0 saturated carbocycles. The van der Waals surface area contributed by atoms with E-state index in [2.05, 4.69) is 18.8 Å². The molecule has 0 bridgehead atoms. The lowest BCUT2D eigenvalue weighted by atomic mass is 9.75. The van der Waals surface area contributed by atoms with Crippen LogP contribution in [0.15, 0.2) is 12.2 Å². The van der Waals surface area contributed by atoms with Crippen LogP contribution >= 0.6 is 0 Å². The zero-order chi connectivity index (χ0) is 9.90. The van der Waals surface area contributed by atoms with Gasteiger partial charge in [0.15, 0.2) is 0 Å². The van der Waals surface area contributed by atoms with Crippen LogP contribution in [0.5, 0.6) is 0 Å². The highest BCUT2D eigenvalue weighted by Crippen LogP contribution is 2.30. The Morgan fingerprint density at radius 2 is 2.00 bits per heavy atom. The fourth-order valence-corrected chi connectivity index (χ4v) is 1.74. The van der Waals surface area contributed by atoms with Crippen LogP contribution in [0.3, 0.4) is 0 Å². The number of ketones is 1. The summed E-state index contributed by atoms with van der Waals surface area (Å²) in [6, 6.07) is 0. The zero-order valence-corrected chi connectivity index (χ0v) is 8.65. The van der Waals surface area contributed by atoms with Gasteiger partial charge < -0.3 is 5.32 Å². The summed E-state index contributed by atoms with van der Waals surface area (Å²) in [6.45, 7) is 9.73. The van der Waals surface area contributed by atoms with Crippen LogP contribution in [-0.2, 0) is 4.79 Å². The molecule has 0 atom stereocenters. The molecule has 2 heteroatoms. The van der Waals surface area contributed by atoms with Gasteiger partial charge in [-0.15, -0.1) is 0 Å². The predicted octanol–water partition coefficient (Wildman–Crippen LogP) is 1.91. The second-order valence-electron chi connectivity index (χ2n) is 4.37. The van der Waals surface area contributed by atoms with Gasteiger partial charge in [0.05, 0.1) is 0 Å². The Labute approximate surface area is 80.4 Å². The first-order valence-corrected chi connectivity index (χ1v) is 4.93. The molecule has 1 saturated heterocycles. The molecule has 13 heavy (non-hydrogen) atoms. The van der Waals surface area contributed by atoms with Crippen LogP contribution in [0.2, 0.25) is 0 Å². The van der Waals surface area contributed by atoms with Gasteiger partial charge in [-0.3, -0.25) is 4.79 Å². The molecule has 1 aliphatic heterocycles. The summed E-state index contributed by atoms with van der Waals surface area (Å²) >= 11 is 0. The van der Waals surface area contributed by atoms with Gasteiger partial charge in [0.2, 0.25) is 0 Å². The Morgan fingerprint density at radius 3 is 2.46 bits per heavy atom. The lowest BCUT2D eigenvalue weighted by Crippen LogP contribution is -2.40. The average Bonchev–Trinajstić information content (AvgIpc) is 2.04. The van der Waals surface area contributed by atoms with Crippen molar-refractivity contribution in [1.82, 2.24) is 5.32 Å². The van der Waals surface area contributed by atoms with Crippen LogP contribution in [-0.4, -0.2) is 18.9 Å². The Hall–Kier alpha value is -0.630. The van der Waals surface area contributed by atoms with Crippen molar-refractivity contribution in [2.75, 3.05) is 13.1 Å². The van der Waals surface area contributed by atoms with Crippen LogP contribution in [0.25, 0.3) is 0 Å². The average molecular weight is 181 g/mol. The minimum atomic E-state index is -0.0931. The minimum absolute atomic E-state index is 0.0931. The zero-order valence-electron chi connectivity index (χ0n) is 8.65. The number of nitrogens with one attached hydrogen (secondary N) is 1. The lowest BCUT2D eigenvalue weighted by Gasteiger charge is -2.32. The first-order valence-electron chi connectivity index (χ1n) is 4.93. The van der Waals surface area contributed by atoms with E-state index in [0.29, 0.717) is 12.2 Å². The van der Waals surface area contributed by atoms with E-state index < -0.39 is 0 Å². The van der Waals surface area contributed by atoms with E-state index in [4.69, 9.17) is 0 Å². The molecule has 0 aromatic carbocycles. The molecular weight excluding hydrogens is 162 g/mol. The molecule has 0 aliphatic carbocycles. The number of piperidine rings is 1. The highest BCUT2D eigenvalue weighted by molar-refractivity contribution is 5.86. The van der Waals surface area contributed by atoms with Crippen LogP contribution in [0.1, 0.15) is 33.1 Å². The maximum Gasteiger partial charge on any atom is 0.142 e. The molecule has 1 rings (SSSR count). The van der Waals surface area contributed by atoms with Crippen molar-refractivity contribution in [2.45, 2.75) is 33.1 Å². The molecule has 1 heterocycles. The van der Waals surface area contributed by atoms with E-state index in [1.165, 1.54) is 0 Å². The van der Waals surface area contributed by atoms with Gasteiger partial charge >= 0.3 is 0 Å². The van der Waals surface area contributed by atoms with Gasteiger partial charge in [-0.05, 0) is 32.9 Å². The molecule has 2 nitrogen and oxygen atoms in total. The summed E-state index contributed by atoms with van der Waals surface area (Å²) in [5, 5.41) is 3.27. The van der Waals surface area contributed by atoms with E-state index in [1.54, 1.807) is 0 Å².